The first kappa shape index (κ1) is 11.4. The molecular weight excluding hydrogens is 190 g/mol. The molecule has 0 heterocycles. The van der Waals surface area contributed by atoms with Gasteiger partial charge in [0.2, 0.25) is 0 Å². The van der Waals surface area contributed by atoms with Gasteiger partial charge < -0.3 is 5.73 Å². The van der Waals surface area contributed by atoms with Gasteiger partial charge in [0.05, 0.1) is 0 Å². The zero-order valence-corrected chi connectivity index (χ0v) is 9.81. The van der Waals surface area contributed by atoms with Crippen LogP contribution in [-0.4, -0.2) is 11.5 Å². The average molecular weight is 209 g/mol. The van der Waals surface area contributed by atoms with E-state index in [0.29, 0.717) is 0 Å². The molecule has 0 bridgehead atoms. The lowest BCUT2D eigenvalue weighted by Gasteiger charge is -2.06. The number of anilines is 1. The number of para-hydroxylation sites is 1. The van der Waals surface area contributed by atoms with Gasteiger partial charge in [-0.15, -0.1) is 0 Å². The molecule has 2 heteroatoms. The van der Waals surface area contributed by atoms with Crippen LogP contribution in [0.5, 0.6) is 0 Å². The van der Waals surface area contributed by atoms with Crippen LogP contribution in [0.15, 0.2) is 24.3 Å². The van der Waals surface area contributed by atoms with Gasteiger partial charge in [-0.2, -0.15) is 11.8 Å². The number of nitrogens with two attached hydrogens (primary N) is 1. The molecule has 78 valence electrons. The molecule has 0 fully saturated rings. The summed E-state index contributed by atoms with van der Waals surface area (Å²) in [4.78, 5) is 0. The molecule has 2 N–H and O–H groups in total. The Balaban J connectivity index is 2.28. The van der Waals surface area contributed by atoms with Gasteiger partial charge in [-0.1, -0.05) is 32.0 Å². The first-order valence-corrected chi connectivity index (χ1v) is 6.26. The number of aryl methyl sites for hydroxylation is 1. The maximum absolute atomic E-state index is 5.85. The molecule has 1 aromatic carbocycles. The lowest BCUT2D eigenvalue weighted by atomic mass is 10.1. The smallest absolute Gasteiger partial charge is 0.0346 e. The molecule has 1 rings (SSSR count). The van der Waals surface area contributed by atoms with E-state index in [1.165, 1.54) is 17.1 Å². The van der Waals surface area contributed by atoms with Gasteiger partial charge in [-0.3, -0.25) is 0 Å². The Labute approximate surface area is 91.1 Å². The van der Waals surface area contributed by atoms with E-state index in [1.807, 2.05) is 23.9 Å². The topological polar surface area (TPSA) is 26.0 Å². The summed E-state index contributed by atoms with van der Waals surface area (Å²) in [5.41, 5.74) is 8.06. The van der Waals surface area contributed by atoms with Crippen LogP contribution in [0.2, 0.25) is 0 Å². The van der Waals surface area contributed by atoms with Crippen LogP contribution in [0.25, 0.3) is 0 Å². The molecule has 0 aliphatic heterocycles. The molecule has 0 aromatic heterocycles. The number of benzene rings is 1. The maximum atomic E-state index is 5.85. The van der Waals surface area contributed by atoms with Crippen LogP contribution in [0, 0.1) is 5.92 Å². The molecule has 0 saturated heterocycles. The second-order valence-corrected chi connectivity index (χ2v) is 5.07. The van der Waals surface area contributed by atoms with E-state index in [-0.39, 0.29) is 0 Å². The van der Waals surface area contributed by atoms with Crippen LogP contribution in [0.4, 0.5) is 5.69 Å². The van der Waals surface area contributed by atoms with Gasteiger partial charge in [0.25, 0.3) is 0 Å². The van der Waals surface area contributed by atoms with Crippen LogP contribution in [0.3, 0.4) is 0 Å². The summed E-state index contributed by atoms with van der Waals surface area (Å²) in [6, 6.07) is 8.13. The second-order valence-electron chi connectivity index (χ2n) is 3.92. The minimum Gasteiger partial charge on any atom is -0.399 e. The molecule has 0 aliphatic carbocycles. The third-order valence-corrected chi connectivity index (χ3v) is 3.42. The maximum Gasteiger partial charge on any atom is 0.0346 e. The first-order valence-electron chi connectivity index (χ1n) is 5.11. The summed E-state index contributed by atoms with van der Waals surface area (Å²) in [5, 5.41) is 0. The summed E-state index contributed by atoms with van der Waals surface area (Å²) < 4.78 is 0. The molecular formula is C12H19NS. The van der Waals surface area contributed by atoms with Crippen molar-refractivity contribution >= 4 is 17.4 Å². The minimum absolute atomic E-state index is 0.785. The predicted octanol–water partition coefficient (Wildman–Crippen LogP) is 3.20. The van der Waals surface area contributed by atoms with Gasteiger partial charge in [-0.05, 0) is 35.5 Å². The van der Waals surface area contributed by atoms with Gasteiger partial charge in [-0.25, -0.2) is 0 Å². The van der Waals surface area contributed by atoms with Crippen molar-refractivity contribution in [3.8, 4) is 0 Å². The molecule has 1 aromatic rings. The molecule has 0 atom stereocenters. The zero-order valence-electron chi connectivity index (χ0n) is 8.99. The fourth-order valence-electron chi connectivity index (χ4n) is 1.26. The Bertz CT molecular complexity index is 271. The average Bonchev–Trinajstić information content (AvgIpc) is 2.15. The number of thioether (sulfide) groups is 1. The SMILES string of the molecule is CC(C)CSCCc1ccccc1N. The van der Waals surface area contributed by atoms with Crippen LogP contribution < -0.4 is 5.73 Å². The predicted molar refractivity (Wildman–Crippen MR) is 66.7 cm³/mol. The summed E-state index contributed by atoms with van der Waals surface area (Å²) in [5.74, 6) is 3.20. The monoisotopic (exact) mass is 209 g/mol. The molecule has 0 unspecified atom stereocenters. The van der Waals surface area contributed by atoms with Crippen molar-refractivity contribution in [2.75, 3.05) is 17.2 Å². The number of hydrogen-bond donors (Lipinski definition) is 1. The van der Waals surface area contributed by atoms with Gasteiger partial charge in [0.15, 0.2) is 0 Å². The highest BCUT2D eigenvalue weighted by atomic mass is 32.2. The van der Waals surface area contributed by atoms with E-state index in [4.69, 9.17) is 5.73 Å². The molecule has 0 amide bonds. The Kier molecular flexibility index (Phi) is 4.88. The second kappa shape index (κ2) is 5.97. The summed E-state index contributed by atoms with van der Waals surface area (Å²) in [6.07, 6.45) is 1.09. The van der Waals surface area contributed by atoms with Crippen molar-refractivity contribution in [3.63, 3.8) is 0 Å². The highest BCUT2D eigenvalue weighted by molar-refractivity contribution is 7.99. The number of hydrogen-bond acceptors (Lipinski definition) is 2. The van der Waals surface area contributed by atoms with E-state index < -0.39 is 0 Å². The Hall–Kier alpha value is -0.630. The van der Waals surface area contributed by atoms with Crippen molar-refractivity contribution < 1.29 is 0 Å². The van der Waals surface area contributed by atoms with Crippen molar-refractivity contribution in [1.29, 1.82) is 0 Å². The fourth-order valence-corrected chi connectivity index (χ4v) is 2.27. The summed E-state index contributed by atoms with van der Waals surface area (Å²) >= 11 is 2.01. The van der Waals surface area contributed by atoms with Gasteiger partial charge in [0, 0.05) is 5.69 Å². The third-order valence-electron chi connectivity index (χ3n) is 2.02. The molecule has 0 aliphatic rings. The largest absolute Gasteiger partial charge is 0.399 e. The normalized spacial score (nSPS) is 10.8. The van der Waals surface area contributed by atoms with E-state index in [9.17, 15) is 0 Å². The van der Waals surface area contributed by atoms with Gasteiger partial charge >= 0.3 is 0 Å². The van der Waals surface area contributed by atoms with E-state index in [0.717, 1.165) is 18.0 Å². The number of nitrogen functional groups attached to an aromatic ring is 1. The standard InChI is InChI=1S/C12H19NS/c1-10(2)9-14-8-7-11-5-3-4-6-12(11)13/h3-6,10H,7-9,13H2,1-2H3. The quantitative estimate of drug-likeness (QED) is 0.595. The van der Waals surface area contributed by atoms with Crippen molar-refractivity contribution in [2.24, 2.45) is 5.92 Å². The van der Waals surface area contributed by atoms with Crippen molar-refractivity contribution in [1.82, 2.24) is 0 Å². The molecule has 0 spiro atoms. The van der Waals surface area contributed by atoms with Crippen molar-refractivity contribution in [2.45, 2.75) is 20.3 Å². The number of rotatable bonds is 5. The molecule has 1 nitrogen and oxygen atoms in total. The van der Waals surface area contributed by atoms with E-state index >= 15 is 0 Å². The molecule has 14 heavy (non-hydrogen) atoms. The summed E-state index contributed by atoms with van der Waals surface area (Å²) in [6.45, 7) is 4.51. The lowest BCUT2D eigenvalue weighted by molar-refractivity contribution is 0.750. The van der Waals surface area contributed by atoms with E-state index in [1.54, 1.807) is 0 Å². The Morgan fingerprint density at radius 3 is 2.64 bits per heavy atom. The van der Waals surface area contributed by atoms with Gasteiger partial charge in [0.1, 0.15) is 0 Å². The highest BCUT2D eigenvalue weighted by Crippen LogP contribution is 2.15. The third kappa shape index (κ3) is 4.05. The summed E-state index contributed by atoms with van der Waals surface area (Å²) in [7, 11) is 0. The zero-order chi connectivity index (χ0) is 10.4. The molecule has 0 saturated carbocycles. The Morgan fingerprint density at radius 2 is 2.00 bits per heavy atom. The first-order chi connectivity index (χ1) is 6.70. The van der Waals surface area contributed by atoms with Crippen molar-refractivity contribution in [3.05, 3.63) is 29.8 Å². The minimum atomic E-state index is 0.785. The highest BCUT2D eigenvalue weighted by Gasteiger charge is 1.98. The lowest BCUT2D eigenvalue weighted by Crippen LogP contribution is -1.98. The van der Waals surface area contributed by atoms with Crippen LogP contribution in [-0.2, 0) is 6.42 Å². The van der Waals surface area contributed by atoms with Crippen LogP contribution in [0.1, 0.15) is 19.4 Å². The molecule has 0 radical (unpaired) electrons. The fraction of sp³-hybridized carbons (Fsp3) is 0.500. The van der Waals surface area contributed by atoms with Crippen LogP contribution >= 0.6 is 11.8 Å². The Morgan fingerprint density at radius 1 is 1.29 bits per heavy atom. The van der Waals surface area contributed by atoms with E-state index in [2.05, 4.69) is 26.0 Å².